The van der Waals surface area contributed by atoms with E-state index in [-0.39, 0.29) is 5.91 Å². The van der Waals surface area contributed by atoms with Gasteiger partial charge >= 0.3 is 0 Å². The average molecular weight is 272 g/mol. The Morgan fingerprint density at radius 1 is 1.30 bits per heavy atom. The number of hydrogen-bond donors (Lipinski definition) is 2. The molecule has 20 heavy (non-hydrogen) atoms. The van der Waals surface area contributed by atoms with Crippen molar-refractivity contribution >= 4 is 17.3 Å². The van der Waals surface area contributed by atoms with Crippen LogP contribution in [0.3, 0.4) is 0 Å². The molecule has 0 radical (unpaired) electrons. The third-order valence-electron chi connectivity index (χ3n) is 3.07. The van der Waals surface area contributed by atoms with Crippen molar-refractivity contribution in [3.8, 4) is 0 Å². The summed E-state index contributed by atoms with van der Waals surface area (Å²) in [5, 5.41) is 10.2. The number of rotatable bonds is 5. The molecule has 1 heterocycles. The summed E-state index contributed by atoms with van der Waals surface area (Å²) >= 11 is 0. The van der Waals surface area contributed by atoms with Crippen LogP contribution in [-0.4, -0.2) is 22.2 Å². The molecule has 0 saturated carbocycles. The lowest BCUT2D eigenvalue weighted by molar-refractivity contribution is 0.102. The summed E-state index contributed by atoms with van der Waals surface area (Å²) in [6.45, 7) is 7.63. The smallest absolute Gasteiger partial charge is 0.256 e. The van der Waals surface area contributed by atoms with Gasteiger partial charge in [-0.2, -0.15) is 5.10 Å². The number of hydrogen-bond acceptors (Lipinski definition) is 3. The Morgan fingerprint density at radius 3 is 2.70 bits per heavy atom. The van der Waals surface area contributed by atoms with Crippen molar-refractivity contribution in [3.05, 3.63) is 41.7 Å². The van der Waals surface area contributed by atoms with Crippen LogP contribution in [0, 0.1) is 6.92 Å². The van der Waals surface area contributed by atoms with E-state index in [0.29, 0.717) is 11.3 Å². The molecule has 0 fully saturated rings. The van der Waals surface area contributed by atoms with Crippen LogP contribution >= 0.6 is 0 Å². The predicted octanol–water partition coefficient (Wildman–Crippen LogP) is 2.90. The second kappa shape index (κ2) is 6.23. The Kier molecular flexibility index (Phi) is 4.40. The molecule has 0 aliphatic carbocycles. The monoisotopic (exact) mass is 272 g/mol. The van der Waals surface area contributed by atoms with Gasteiger partial charge in [0, 0.05) is 30.5 Å². The molecule has 106 valence electrons. The van der Waals surface area contributed by atoms with E-state index in [1.165, 1.54) is 0 Å². The van der Waals surface area contributed by atoms with Crippen molar-refractivity contribution in [2.75, 3.05) is 17.2 Å². The molecule has 1 aromatic heterocycles. The number of benzene rings is 1. The fourth-order valence-corrected chi connectivity index (χ4v) is 2.03. The van der Waals surface area contributed by atoms with Gasteiger partial charge in [0.05, 0.1) is 11.9 Å². The van der Waals surface area contributed by atoms with Crippen molar-refractivity contribution in [1.29, 1.82) is 0 Å². The van der Waals surface area contributed by atoms with Crippen molar-refractivity contribution in [2.24, 2.45) is 0 Å². The molecule has 5 heteroatoms. The summed E-state index contributed by atoms with van der Waals surface area (Å²) in [7, 11) is 0. The van der Waals surface area contributed by atoms with Crippen LogP contribution in [0.4, 0.5) is 11.4 Å². The van der Waals surface area contributed by atoms with Gasteiger partial charge < -0.3 is 10.6 Å². The molecule has 0 aliphatic rings. The Labute approximate surface area is 119 Å². The highest BCUT2D eigenvalue weighted by Gasteiger charge is 2.10. The highest BCUT2D eigenvalue weighted by molar-refractivity contribution is 6.05. The zero-order valence-electron chi connectivity index (χ0n) is 12.1. The molecule has 0 unspecified atom stereocenters. The van der Waals surface area contributed by atoms with Crippen LogP contribution in [0.25, 0.3) is 0 Å². The minimum absolute atomic E-state index is 0.110. The topological polar surface area (TPSA) is 59.0 Å². The lowest BCUT2D eigenvalue weighted by Gasteiger charge is -2.09. The number of amides is 1. The maximum Gasteiger partial charge on any atom is 0.256 e. The lowest BCUT2D eigenvalue weighted by atomic mass is 10.1. The van der Waals surface area contributed by atoms with E-state index < -0.39 is 0 Å². The fraction of sp³-hybridized carbons (Fsp3) is 0.333. The normalized spacial score (nSPS) is 10.3. The molecule has 2 rings (SSSR count). The summed E-state index contributed by atoms with van der Waals surface area (Å²) in [5.74, 6) is -0.110. The SMILES string of the molecule is CCNc1ccc(C(=O)Nc2cnn(CC)c2)c(C)c1. The Morgan fingerprint density at radius 2 is 2.10 bits per heavy atom. The number of nitrogens with one attached hydrogen (secondary N) is 2. The van der Waals surface area contributed by atoms with E-state index in [9.17, 15) is 4.79 Å². The lowest BCUT2D eigenvalue weighted by Crippen LogP contribution is -2.13. The highest BCUT2D eigenvalue weighted by atomic mass is 16.1. The zero-order chi connectivity index (χ0) is 14.5. The molecule has 0 spiro atoms. The first-order valence-electron chi connectivity index (χ1n) is 6.82. The first-order valence-corrected chi connectivity index (χ1v) is 6.82. The van der Waals surface area contributed by atoms with Crippen LogP contribution in [0.15, 0.2) is 30.6 Å². The number of carbonyl (C=O) groups excluding carboxylic acids is 1. The molecule has 2 N–H and O–H groups in total. The predicted molar refractivity (Wildman–Crippen MR) is 81.2 cm³/mol. The molecule has 0 bridgehead atoms. The van der Waals surface area contributed by atoms with Crippen LogP contribution in [0.5, 0.6) is 0 Å². The quantitative estimate of drug-likeness (QED) is 0.880. The largest absolute Gasteiger partial charge is 0.385 e. The molecule has 5 nitrogen and oxygen atoms in total. The maximum absolute atomic E-state index is 12.2. The van der Waals surface area contributed by atoms with Crippen LogP contribution in [0.1, 0.15) is 29.8 Å². The van der Waals surface area contributed by atoms with E-state index in [0.717, 1.165) is 24.3 Å². The van der Waals surface area contributed by atoms with E-state index in [1.54, 1.807) is 10.9 Å². The molecule has 1 amide bonds. The van der Waals surface area contributed by atoms with Gasteiger partial charge in [-0.25, -0.2) is 0 Å². The van der Waals surface area contributed by atoms with Gasteiger partial charge in [-0.3, -0.25) is 9.48 Å². The van der Waals surface area contributed by atoms with Gasteiger partial charge in [0.2, 0.25) is 0 Å². The molecule has 1 aromatic carbocycles. The van der Waals surface area contributed by atoms with E-state index in [1.807, 2.05) is 45.2 Å². The standard InChI is InChI=1S/C15H20N4O/c1-4-16-12-6-7-14(11(3)8-12)15(20)18-13-9-17-19(5-2)10-13/h6-10,16H,4-5H2,1-3H3,(H,18,20). The maximum atomic E-state index is 12.2. The van der Waals surface area contributed by atoms with Crippen molar-refractivity contribution in [1.82, 2.24) is 9.78 Å². The number of nitrogens with zero attached hydrogens (tertiary/aromatic N) is 2. The number of aromatic nitrogens is 2. The van der Waals surface area contributed by atoms with E-state index in [2.05, 4.69) is 15.7 Å². The van der Waals surface area contributed by atoms with Gasteiger partial charge in [-0.1, -0.05) is 0 Å². The first-order chi connectivity index (χ1) is 9.63. The minimum atomic E-state index is -0.110. The summed E-state index contributed by atoms with van der Waals surface area (Å²) in [5.41, 5.74) is 3.37. The average Bonchev–Trinajstić information content (AvgIpc) is 2.86. The molecule has 0 saturated heterocycles. The minimum Gasteiger partial charge on any atom is -0.385 e. The van der Waals surface area contributed by atoms with Crippen molar-refractivity contribution < 1.29 is 4.79 Å². The molecule has 2 aromatic rings. The van der Waals surface area contributed by atoms with Gasteiger partial charge in [-0.05, 0) is 44.5 Å². The van der Waals surface area contributed by atoms with Crippen LogP contribution < -0.4 is 10.6 Å². The third kappa shape index (κ3) is 3.17. The van der Waals surface area contributed by atoms with Gasteiger partial charge in [0.25, 0.3) is 5.91 Å². The molecular formula is C15H20N4O. The number of carbonyl (C=O) groups is 1. The molecule has 0 atom stereocenters. The second-order valence-corrected chi connectivity index (χ2v) is 4.60. The van der Waals surface area contributed by atoms with Crippen molar-refractivity contribution in [2.45, 2.75) is 27.3 Å². The zero-order valence-corrected chi connectivity index (χ0v) is 12.1. The molecular weight excluding hydrogens is 252 g/mol. The van der Waals surface area contributed by atoms with Gasteiger partial charge in [0.1, 0.15) is 0 Å². The molecule has 0 aliphatic heterocycles. The third-order valence-corrected chi connectivity index (χ3v) is 3.07. The Hall–Kier alpha value is -2.30. The van der Waals surface area contributed by atoms with Crippen LogP contribution in [0.2, 0.25) is 0 Å². The van der Waals surface area contributed by atoms with Crippen LogP contribution in [-0.2, 0) is 6.54 Å². The summed E-state index contributed by atoms with van der Waals surface area (Å²) in [6.07, 6.45) is 3.48. The van der Waals surface area contributed by atoms with Gasteiger partial charge in [-0.15, -0.1) is 0 Å². The highest BCUT2D eigenvalue weighted by Crippen LogP contribution is 2.17. The number of anilines is 2. The second-order valence-electron chi connectivity index (χ2n) is 4.60. The van der Waals surface area contributed by atoms with E-state index >= 15 is 0 Å². The summed E-state index contributed by atoms with van der Waals surface area (Å²) in [6, 6.07) is 5.74. The summed E-state index contributed by atoms with van der Waals surface area (Å²) < 4.78 is 1.77. The Bertz CT molecular complexity index is 604. The fourth-order valence-electron chi connectivity index (χ4n) is 2.03. The van der Waals surface area contributed by atoms with Gasteiger partial charge in [0.15, 0.2) is 0 Å². The number of aryl methyl sites for hydroxylation is 2. The first kappa shape index (κ1) is 14.1. The van der Waals surface area contributed by atoms with E-state index in [4.69, 9.17) is 0 Å². The van der Waals surface area contributed by atoms with Crippen molar-refractivity contribution in [3.63, 3.8) is 0 Å². The summed E-state index contributed by atoms with van der Waals surface area (Å²) in [4.78, 5) is 12.2. The Balaban J connectivity index is 2.12.